The summed E-state index contributed by atoms with van der Waals surface area (Å²) in [6.07, 6.45) is 3.06. The number of carbonyl (C=O) groups is 1. The first-order valence-corrected chi connectivity index (χ1v) is 8.07. The molecule has 0 fully saturated rings. The summed E-state index contributed by atoms with van der Waals surface area (Å²) in [4.78, 5) is 13.7. The lowest BCUT2D eigenvalue weighted by Crippen LogP contribution is -2.34. The number of nitrogens with zero attached hydrogens (tertiary/aromatic N) is 1. The molecule has 1 amide bonds. The van der Waals surface area contributed by atoms with E-state index in [9.17, 15) is 4.79 Å². The maximum Gasteiger partial charge on any atom is 0.410 e. The number of ether oxygens (including phenoxy) is 1. The minimum atomic E-state index is -0.501. The van der Waals surface area contributed by atoms with E-state index in [4.69, 9.17) is 9.15 Å². The normalized spacial score (nSPS) is 12.5. The van der Waals surface area contributed by atoms with E-state index in [1.54, 1.807) is 24.5 Å². The molecular weight excluding hydrogens is 304 g/mol. The Hall–Kier alpha value is -2.43. The predicted octanol–water partition coefficient (Wildman–Crippen LogP) is 4.82. The van der Waals surface area contributed by atoms with E-state index in [2.05, 4.69) is 12.2 Å². The van der Waals surface area contributed by atoms with Gasteiger partial charge in [-0.25, -0.2) is 4.79 Å². The van der Waals surface area contributed by atoms with Crippen LogP contribution in [-0.2, 0) is 11.3 Å². The summed E-state index contributed by atoms with van der Waals surface area (Å²) in [5, 5.41) is 3.47. The van der Waals surface area contributed by atoms with E-state index >= 15 is 0 Å². The maximum absolute atomic E-state index is 12.2. The highest BCUT2D eigenvalue weighted by Crippen LogP contribution is 2.24. The summed E-state index contributed by atoms with van der Waals surface area (Å²) in [5.41, 5.74) is 2.59. The molecule has 0 spiro atoms. The van der Waals surface area contributed by atoms with Crippen molar-refractivity contribution < 1.29 is 13.9 Å². The third-order valence-corrected chi connectivity index (χ3v) is 3.55. The molecule has 24 heavy (non-hydrogen) atoms. The average Bonchev–Trinajstić information content (AvgIpc) is 3.01. The molecule has 0 aliphatic rings. The van der Waals surface area contributed by atoms with Crippen molar-refractivity contribution >= 4 is 11.8 Å². The number of rotatable bonds is 5. The Bertz CT molecular complexity index is 660. The third-order valence-electron chi connectivity index (χ3n) is 3.55. The van der Waals surface area contributed by atoms with Crippen LogP contribution in [0, 0.1) is 0 Å². The fraction of sp³-hybridized carbons (Fsp3) is 0.421. The van der Waals surface area contributed by atoms with Gasteiger partial charge < -0.3 is 19.4 Å². The Balaban J connectivity index is 2.07. The zero-order valence-corrected chi connectivity index (χ0v) is 15.0. The van der Waals surface area contributed by atoms with Crippen molar-refractivity contribution in [2.75, 3.05) is 12.4 Å². The van der Waals surface area contributed by atoms with Crippen LogP contribution in [-0.4, -0.2) is 23.6 Å². The second-order valence-corrected chi connectivity index (χ2v) is 6.92. The standard InChI is InChI=1S/C19H26N2O3/c1-14(16-10-11-23-13-16)20-17-9-7-6-8-15(17)12-21(5)18(22)24-19(2,3)4/h6-11,13-14,20H,12H2,1-5H3. The van der Waals surface area contributed by atoms with Crippen LogP contribution in [0.25, 0.3) is 0 Å². The average molecular weight is 330 g/mol. The second kappa shape index (κ2) is 7.43. The molecule has 0 aliphatic carbocycles. The van der Waals surface area contributed by atoms with Gasteiger partial charge in [0.2, 0.25) is 0 Å². The summed E-state index contributed by atoms with van der Waals surface area (Å²) in [6.45, 7) is 8.12. The molecule has 5 heteroatoms. The van der Waals surface area contributed by atoms with E-state index in [0.29, 0.717) is 6.54 Å². The van der Waals surface area contributed by atoms with Crippen molar-refractivity contribution in [3.05, 3.63) is 54.0 Å². The van der Waals surface area contributed by atoms with Gasteiger partial charge >= 0.3 is 6.09 Å². The molecule has 0 aliphatic heterocycles. The summed E-state index contributed by atoms with van der Waals surface area (Å²) in [6, 6.07) is 10.00. The van der Waals surface area contributed by atoms with Gasteiger partial charge in [-0.15, -0.1) is 0 Å². The van der Waals surface area contributed by atoms with E-state index in [-0.39, 0.29) is 12.1 Å². The summed E-state index contributed by atoms with van der Waals surface area (Å²) in [5.74, 6) is 0. The van der Waals surface area contributed by atoms with Crippen molar-refractivity contribution in [1.29, 1.82) is 0 Å². The fourth-order valence-corrected chi connectivity index (χ4v) is 2.30. The lowest BCUT2D eigenvalue weighted by atomic mass is 10.1. The highest BCUT2D eigenvalue weighted by Gasteiger charge is 2.20. The molecule has 0 radical (unpaired) electrons. The van der Waals surface area contributed by atoms with Crippen LogP contribution in [0.5, 0.6) is 0 Å². The zero-order chi connectivity index (χ0) is 17.7. The highest BCUT2D eigenvalue weighted by molar-refractivity contribution is 5.68. The maximum atomic E-state index is 12.2. The van der Waals surface area contributed by atoms with Crippen molar-refractivity contribution in [2.24, 2.45) is 0 Å². The Morgan fingerprint density at radius 2 is 2.00 bits per heavy atom. The number of carbonyl (C=O) groups excluding carboxylic acids is 1. The Labute approximate surface area is 143 Å². The Morgan fingerprint density at radius 3 is 2.62 bits per heavy atom. The first kappa shape index (κ1) is 17.9. The van der Waals surface area contributed by atoms with Gasteiger partial charge in [0.25, 0.3) is 0 Å². The smallest absolute Gasteiger partial charge is 0.410 e. The first-order valence-electron chi connectivity index (χ1n) is 8.07. The van der Waals surface area contributed by atoms with Crippen LogP contribution in [0.1, 0.15) is 44.9 Å². The third kappa shape index (κ3) is 5.05. The van der Waals surface area contributed by atoms with Gasteiger partial charge in [0.05, 0.1) is 25.1 Å². The SMILES string of the molecule is CC(Nc1ccccc1CN(C)C(=O)OC(C)(C)C)c1ccoc1. The van der Waals surface area contributed by atoms with E-state index in [1.807, 2.05) is 51.1 Å². The van der Waals surface area contributed by atoms with Crippen molar-refractivity contribution in [3.8, 4) is 0 Å². The number of benzene rings is 1. The topological polar surface area (TPSA) is 54.7 Å². The van der Waals surface area contributed by atoms with Crippen LogP contribution in [0.2, 0.25) is 0 Å². The highest BCUT2D eigenvalue weighted by atomic mass is 16.6. The largest absolute Gasteiger partial charge is 0.472 e. The van der Waals surface area contributed by atoms with Crippen LogP contribution < -0.4 is 5.32 Å². The molecular formula is C19H26N2O3. The quantitative estimate of drug-likeness (QED) is 0.854. The predicted molar refractivity (Wildman–Crippen MR) is 94.9 cm³/mol. The zero-order valence-electron chi connectivity index (χ0n) is 15.0. The number of hydrogen-bond donors (Lipinski definition) is 1. The minimum Gasteiger partial charge on any atom is -0.472 e. The minimum absolute atomic E-state index is 0.108. The molecule has 1 aromatic carbocycles. The number of nitrogens with one attached hydrogen (secondary N) is 1. The molecule has 2 aromatic rings. The van der Waals surface area contributed by atoms with Gasteiger partial charge in [0, 0.05) is 18.3 Å². The van der Waals surface area contributed by atoms with Gasteiger partial charge in [-0.3, -0.25) is 0 Å². The van der Waals surface area contributed by atoms with Crippen LogP contribution in [0.3, 0.4) is 0 Å². The van der Waals surface area contributed by atoms with Crippen molar-refractivity contribution in [1.82, 2.24) is 4.90 Å². The molecule has 0 saturated carbocycles. The van der Waals surface area contributed by atoms with E-state index < -0.39 is 5.60 Å². The molecule has 1 heterocycles. The Kier molecular flexibility index (Phi) is 5.54. The van der Waals surface area contributed by atoms with Gasteiger partial charge in [-0.1, -0.05) is 18.2 Å². The summed E-state index contributed by atoms with van der Waals surface area (Å²) >= 11 is 0. The molecule has 1 atom stereocenters. The van der Waals surface area contributed by atoms with Crippen LogP contribution in [0.15, 0.2) is 47.3 Å². The lowest BCUT2D eigenvalue weighted by Gasteiger charge is -2.25. The number of anilines is 1. The molecule has 1 aromatic heterocycles. The number of para-hydroxylation sites is 1. The number of furan rings is 1. The molecule has 1 unspecified atom stereocenters. The summed E-state index contributed by atoms with van der Waals surface area (Å²) < 4.78 is 10.5. The van der Waals surface area contributed by atoms with Gasteiger partial charge in [0.15, 0.2) is 0 Å². The van der Waals surface area contributed by atoms with Gasteiger partial charge in [-0.05, 0) is 45.4 Å². The van der Waals surface area contributed by atoms with Crippen molar-refractivity contribution in [2.45, 2.75) is 45.9 Å². The first-order chi connectivity index (χ1) is 11.3. The molecule has 2 rings (SSSR count). The number of hydrogen-bond acceptors (Lipinski definition) is 4. The number of amides is 1. The molecule has 1 N–H and O–H groups in total. The van der Waals surface area contributed by atoms with Gasteiger partial charge in [0.1, 0.15) is 5.60 Å². The summed E-state index contributed by atoms with van der Waals surface area (Å²) in [7, 11) is 1.74. The van der Waals surface area contributed by atoms with Crippen LogP contribution in [0.4, 0.5) is 10.5 Å². The van der Waals surface area contributed by atoms with E-state index in [0.717, 1.165) is 16.8 Å². The van der Waals surface area contributed by atoms with Gasteiger partial charge in [-0.2, -0.15) is 0 Å². The van der Waals surface area contributed by atoms with Crippen molar-refractivity contribution in [3.63, 3.8) is 0 Å². The molecule has 5 nitrogen and oxygen atoms in total. The Morgan fingerprint density at radius 1 is 1.29 bits per heavy atom. The van der Waals surface area contributed by atoms with Crippen LogP contribution >= 0.6 is 0 Å². The lowest BCUT2D eigenvalue weighted by molar-refractivity contribution is 0.0285. The van der Waals surface area contributed by atoms with E-state index in [1.165, 1.54) is 0 Å². The fourth-order valence-electron chi connectivity index (χ4n) is 2.30. The second-order valence-electron chi connectivity index (χ2n) is 6.92. The molecule has 130 valence electrons. The molecule has 0 saturated heterocycles. The molecule has 0 bridgehead atoms. The monoisotopic (exact) mass is 330 g/mol.